The number of piperidine rings is 1. The lowest BCUT2D eigenvalue weighted by Crippen LogP contribution is -2.54. The van der Waals surface area contributed by atoms with Crippen LogP contribution in [0.1, 0.15) is 12.8 Å². The van der Waals surface area contributed by atoms with Crippen LogP contribution in [0.5, 0.6) is 0 Å². The molecule has 32 heavy (non-hydrogen) atoms. The Morgan fingerprint density at radius 2 is 0.969 bits per heavy atom. The molecule has 11 N–H and O–H groups in total. The van der Waals surface area contributed by atoms with E-state index in [4.69, 9.17) is 10.2 Å². The highest BCUT2D eigenvalue weighted by Gasteiger charge is 2.34. The van der Waals surface area contributed by atoms with E-state index in [0.29, 0.717) is 6.54 Å². The van der Waals surface area contributed by atoms with Gasteiger partial charge in [0.1, 0.15) is 36.6 Å². The SMILES string of the molecule is Cl.Cl.OCC(O)C(O)C(O)C(O)CN(CC1CCNCC1)CC(O)C(O)C(O)C(O)CO. The normalized spacial score (nSPS) is 22.6. The average Bonchev–Trinajstić information content (AvgIpc) is 2.76. The Morgan fingerprint density at radius 1 is 0.625 bits per heavy atom. The highest BCUT2D eigenvalue weighted by molar-refractivity contribution is 5.85. The molecule has 0 aromatic rings. The van der Waals surface area contributed by atoms with Gasteiger partial charge in [0.2, 0.25) is 0 Å². The number of halogens is 2. The molecule has 1 fully saturated rings. The summed E-state index contributed by atoms with van der Waals surface area (Å²) in [5.41, 5.74) is 0. The van der Waals surface area contributed by atoms with Gasteiger partial charge in [-0.25, -0.2) is 0 Å². The van der Waals surface area contributed by atoms with Gasteiger partial charge in [0.05, 0.1) is 25.4 Å². The summed E-state index contributed by atoms with van der Waals surface area (Å²) in [6.07, 6.45) is -11.8. The molecule has 1 saturated heterocycles. The summed E-state index contributed by atoms with van der Waals surface area (Å²) in [5, 5.41) is 100. The molecule has 1 aliphatic rings. The van der Waals surface area contributed by atoms with Crippen molar-refractivity contribution in [1.82, 2.24) is 10.2 Å². The van der Waals surface area contributed by atoms with Crippen molar-refractivity contribution >= 4 is 24.8 Å². The standard InChI is InChI=1S/C18H38N2O10.2ClH/c21-8-13(25)17(29)15(27)11(23)6-20(5-10-1-3-19-4-2-10)7-12(24)16(28)18(30)14(26)9-22;;/h10-19,21-30H,1-9H2;2*1H. The van der Waals surface area contributed by atoms with Crippen molar-refractivity contribution in [3.05, 3.63) is 0 Å². The summed E-state index contributed by atoms with van der Waals surface area (Å²) in [6, 6.07) is 0. The number of nitrogens with one attached hydrogen (secondary N) is 1. The molecule has 0 saturated carbocycles. The average molecular weight is 515 g/mol. The molecule has 1 heterocycles. The summed E-state index contributed by atoms with van der Waals surface area (Å²) in [4.78, 5) is 1.55. The van der Waals surface area contributed by atoms with Crippen LogP contribution in [0.4, 0.5) is 0 Å². The lowest BCUT2D eigenvalue weighted by atomic mass is 9.96. The minimum Gasteiger partial charge on any atom is -0.394 e. The van der Waals surface area contributed by atoms with Crippen molar-refractivity contribution in [2.45, 2.75) is 61.7 Å². The van der Waals surface area contributed by atoms with E-state index in [-0.39, 0.29) is 43.8 Å². The molecule has 0 bridgehead atoms. The van der Waals surface area contributed by atoms with Gasteiger partial charge < -0.3 is 56.4 Å². The van der Waals surface area contributed by atoms with E-state index in [9.17, 15) is 40.9 Å². The lowest BCUT2D eigenvalue weighted by Gasteiger charge is -2.36. The van der Waals surface area contributed by atoms with E-state index in [1.807, 2.05) is 0 Å². The zero-order valence-electron chi connectivity index (χ0n) is 17.8. The van der Waals surface area contributed by atoms with Crippen LogP contribution in [0.25, 0.3) is 0 Å². The van der Waals surface area contributed by atoms with Crippen molar-refractivity contribution in [2.24, 2.45) is 5.92 Å². The van der Waals surface area contributed by atoms with Crippen LogP contribution in [0, 0.1) is 5.92 Å². The maximum absolute atomic E-state index is 10.3. The van der Waals surface area contributed by atoms with E-state index in [1.54, 1.807) is 4.90 Å². The molecule has 1 rings (SSSR count). The molecular weight excluding hydrogens is 475 g/mol. The minimum atomic E-state index is -1.79. The highest BCUT2D eigenvalue weighted by atomic mass is 35.5. The monoisotopic (exact) mass is 514 g/mol. The molecule has 8 unspecified atom stereocenters. The third-order valence-corrected chi connectivity index (χ3v) is 5.52. The van der Waals surface area contributed by atoms with Gasteiger partial charge >= 0.3 is 0 Å². The number of nitrogens with zero attached hydrogens (tertiary/aromatic N) is 1. The predicted molar refractivity (Wildman–Crippen MR) is 119 cm³/mol. The van der Waals surface area contributed by atoms with Crippen molar-refractivity contribution in [3.63, 3.8) is 0 Å². The Morgan fingerprint density at radius 3 is 1.31 bits per heavy atom. The van der Waals surface area contributed by atoms with E-state index in [1.165, 1.54) is 0 Å². The molecule has 8 atom stereocenters. The fourth-order valence-corrected chi connectivity index (χ4v) is 3.52. The van der Waals surface area contributed by atoms with Crippen molar-refractivity contribution in [3.8, 4) is 0 Å². The van der Waals surface area contributed by atoms with Gasteiger partial charge in [-0.3, -0.25) is 4.90 Å². The number of aliphatic hydroxyl groups is 10. The summed E-state index contributed by atoms with van der Waals surface area (Å²) >= 11 is 0. The van der Waals surface area contributed by atoms with Gasteiger partial charge in [-0.1, -0.05) is 0 Å². The van der Waals surface area contributed by atoms with Gasteiger partial charge in [0, 0.05) is 19.6 Å². The van der Waals surface area contributed by atoms with Crippen LogP contribution in [0.2, 0.25) is 0 Å². The number of aliphatic hydroxyl groups excluding tert-OH is 10. The van der Waals surface area contributed by atoms with Crippen LogP contribution in [-0.4, -0.2) is 151 Å². The molecule has 12 nitrogen and oxygen atoms in total. The van der Waals surface area contributed by atoms with Crippen LogP contribution >= 0.6 is 24.8 Å². The Bertz CT molecular complexity index is 437. The molecule has 0 spiro atoms. The second-order valence-corrected chi connectivity index (χ2v) is 8.01. The molecule has 0 aliphatic carbocycles. The second kappa shape index (κ2) is 17.5. The molecule has 196 valence electrons. The largest absolute Gasteiger partial charge is 0.394 e. The predicted octanol–water partition coefficient (Wildman–Crippen LogP) is -5.00. The zero-order valence-corrected chi connectivity index (χ0v) is 19.4. The summed E-state index contributed by atoms with van der Waals surface area (Å²) in [5.74, 6) is 0.195. The fraction of sp³-hybridized carbons (Fsp3) is 1.00. The third-order valence-electron chi connectivity index (χ3n) is 5.52. The summed E-state index contributed by atoms with van der Waals surface area (Å²) in [6.45, 7) is -0.118. The van der Waals surface area contributed by atoms with Crippen LogP contribution in [0.15, 0.2) is 0 Å². The number of hydrogen-bond acceptors (Lipinski definition) is 12. The van der Waals surface area contributed by atoms with E-state index in [0.717, 1.165) is 25.9 Å². The lowest BCUT2D eigenvalue weighted by molar-refractivity contribution is -0.131. The Hall–Kier alpha value is 0.100. The molecule has 1 aliphatic heterocycles. The van der Waals surface area contributed by atoms with Crippen molar-refractivity contribution < 1.29 is 51.1 Å². The van der Waals surface area contributed by atoms with Gasteiger partial charge in [-0.15, -0.1) is 24.8 Å². The van der Waals surface area contributed by atoms with Crippen molar-refractivity contribution in [2.75, 3.05) is 45.9 Å². The Kier molecular flexibility index (Phi) is 18.8. The first-order valence-corrected chi connectivity index (χ1v) is 10.2. The molecule has 14 heteroatoms. The molecule has 0 aromatic carbocycles. The molecular formula is C18H40Cl2N2O10. The first-order chi connectivity index (χ1) is 14.1. The third kappa shape index (κ3) is 11.0. The van der Waals surface area contributed by atoms with Gasteiger partial charge in [0.15, 0.2) is 0 Å². The second-order valence-electron chi connectivity index (χ2n) is 8.01. The van der Waals surface area contributed by atoms with Crippen LogP contribution in [-0.2, 0) is 0 Å². The summed E-state index contributed by atoms with van der Waals surface area (Å²) < 4.78 is 0. The highest BCUT2D eigenvalue weighted by Crippen LogP contribution is 2.17. The Labute approximate surface area is 199 Å². The van der Waals surface area contributed by atoms with Crippen LogP contribution < -0.4 is 5.32 Å². The van der Waals surface area contributed by atoms with E-state index >= 15 is 0 Å². The topological polar surface area (TPSA) is 218 Å². The molecule has 0 amide bonds. The maximum Gasteiger partial charge on any atom is 0.111 e. The Balaban J connectivity index is 0. The van der Waals surface area contributed by atoms with E-state index < -0.39 is 62.0 Å². The first-order valence-electron chi connectivity index (χ1n) is 10.2. The molecule has 0 radical (unpaired) electrons. The van der Waals surface area contributed by atoms with Gasteiger partial charge in [-0.05, 0) is 31.8 Å². The van der Waals surface area contributed by atoms with Crippen molar-refractivity contribution in [1.29, 1.82) is 0 Å². The van der Waals surface area contributed by atoms with E-state index in [2.05, 4.69) is 5.32 Å². The number of hydrogen-bond donors (Lipinski definition) is 11. The smallest absolute Gasteiger partial charge is 0.111 e. The van der Waals surface area contributed by atoms with Gasteiger partial charge in [-0.2, -0.15) is 0 Å². The summed E-state index contributed by atoms with van der Waals surface area (Å²) in [7, 11) is 0. The zero-order chi connectivity index (χ0) is 22.8. The quantitative estimate of drug-likeness (QED) is 0.105. The molecule has 0 aromatic heterocycles. The number of rotatable bonds is 14. The van der Waals surface area contributed by atoms with Gasteiger partial charge in [0.25, 0.3) is 0 Å². The fourth-order valence-electron chi connectivity index (χ4n) is 3.52. The first kappa shape index (κ1) is 34.3. The maximum atomic E-state index is 10.3. The van der Waals surface area contributed by atoms with Crippen LogP contribution in [0.3, 0.4) is 0 Å². The minimum absolute atomic E-state index is 0.